The molecule has 0 radical (unpaired) electrons. The van der Waals surface area contributed by atoms with Crippen LogP contribution in [0.4, 0.5) is 0 Å². The molecule has 1 aliphatic heterocycles. The van der Waals surface area contributed by atoms with E-state index in [0.29, 0.717) is 0 Å². The van der Waals surface area contributed by atoms with Gasteiger partial charge in [-0.05, 0) is 12.5 Å². The van der Waals surface area contributed by atoms with Gasteiger partial charge in [-0.25, -0.2) is 0 Å². The van der Waals surface area contributed by atoms with Crippen molar-refractivity contribution in [1.29, 1.82) is 0 Å². The number of nitrogens with zero attached hydrogens (tertiary/aromatic N) is 2. The number of aryl methyl sites for hydroxylation is 1. The first-order valence-corrected chi connectivity index (χ1v) is 4.47. The Morgan fingerprint density at radius 1 is 1.69 bits per heavy atom. The summed E-state index contributed by atoms with van der Waals surface area (Å²) in [7, 11) is 1.88. The van der Waals surface area contributed by atoms with Crippen LogP contribution in [0.3, 0.4) is 0 Å². The van der Waals surface area contributed by atoms with Crippen molar-refractivity contribution in [2.45, 2.75) is 19.4 Å². The van der Waals surface area contributed by atoms with Crippen molar-refractivity contribution in [2.24, 2.45) is 13.0 Å². The quantitative estimate of drug-likeness (QED) is 0.687. The number of carbonyl (C=O) groups is 1. The van der Waals surface area contributed by atoms with Gasteiger partial charge in [-0.15, -0.1) is 0 Å². The zero-order valence-corrected chi connectivity index (χ0v) is 7.82. The standard InChI is InChI=1S/C9H13N3O/c1-6-5-8(10-9(6)13)7-3-4-12(2)11-7/h3-4,6,8H,5H2,1-2H3,(H,10,13)/t6-,8?/m0/s1. The molecule has 0 saturated carbocycles. The Labute approximate surface area is 76.9 Å². The highest BCUT2D eigenvalue weighted by Gasteiger charge is 2.30. The van der Waals surface area contributed by atoms with Crippen LogP contribution in [-0.4, -0.2) is 15.7 Å². The first-order valence-electron chi connectivity index (χ1n) is 4.47. The highest BCUT2D eigenvalue weighted by atomic mass is 16.2. The predicted octanol–water partition coefficient (Wildman–Crippen LogP) is 0.617. The maximum Gasteiger partial charge on any atom is 0.223 e. The maximum atomic E-state index is 11.2. The van der Waals surface area contributed by atoms with Gasteiger partial charge in [0.25, 0.3) is 0 Å². The van der Waals surface area contributed by atoms with Crippen molar-refractivity contribution >= 4 is 5.91 Å². The lowest BCUT2D eigenvalue weighted by molar-refractivity contribution is -0.122. The summed E-state index contributed by atoms with van der Waals surface area (Å²) in [5.41, 5.74) is 0.959. The van der Waals surface area contributed by atoms with Crippen molar-refractivity contribution in [1.82, 2.24) is 15.1 Å². The Hall–Kier alpha value is -1.32. The minimum absolute atomic E-state index is 0.115. The van der Waals surface area contributed by atoms with Gasteiger partial charge in [-0.1, -0.05) is 6.92 Å². The molecule has 2 atom stereocenters. The van der Waals surface area contributed by atoms with Crippen LogP contribution in [0.5, 0.6) is 0 Å². The van der Waals surface area contributed by atoms with E-state index in [1.165, 1.54) is 0 Å². The van der Waals surface area contributed by atoms with Crippen LogP contribution in [0.25, 0.3) is 0 Å². The summed E-state index contributed by atoms with van der Waals surface area (Å²) in [5.74, 6) is 0.252. The lowest BCUT2D eigenvalue weighted by atomic mass is 10.1. The van der Waals surface area contributed by atoms with Crippen LogP contribution in [0.15, 0.2) is 12.3 Å². The number of hydrogen-bond donors (Lipinski definition) is 1. The molecule has 13 heavy (non-hydrogen) atoms. The molecule has 1 unspecified atom stereocenters. The molecule has 1 saturated heterocycles. The number of rotatable bonds is 1. The minimum Gasteiger partial charge on any atom is -0.347 e. The number of carbonyl (C=O) groups excluding carboxylic acids is 1. The third-order valence-electron chi connectivity index (χ3n) is 2.44. The van der Waals surface area contributed by atoms with Gasteiger partial charge >= 0.3 is 0 Å². The van der Waals surface area contributed by atoms with Crippen LogP contribution in [-0.2, 0) is 11.8 Å². The van der Waals surface area contributed by atoms with Gasteiger partial charge in [0.1, 0.15) is 0 Å². The molecular weight excluding hydrogens is 166 g/mol. The maximum absolute atomic E-state index is 11.2. The lowest BCUT2D eigenvalue weighted by Gasteiger charge is -2.04. The average Bonchev–Trinajstić information content (AvgIpc) is 2.61. The van der Waals surface area contributed by atoms with E-state index in [-0.39, 0.29) is 17.9 Å². The summed E-state index contributed by atoms with van der Waals surface area (Å²) >= 11 is 0. The molecule has 4 heteroatoms. The summed E-state index contributed by atoms with van der Waals surface area (Å²) < 4.78 is 1.75. The highest BCUT2D eigenvalue weighted by molar-refractivity contribution is 5.81. The molecule has 0 bridgehead atoms. The van der Waals surface area contributed by atoms with Gasteiger partial charge in [0.15, 0.2) is 0 Å². The van der Waals surface area contributed by atoms with Crippen LogP contribution < -0.4 is 5.32 Å². The molecule has 2 rings (SSSR count). The summed E-state index contributed by atoms with van der Waals surface area (Å²) in [4.78, 5) is 11.2. The van der Waals surface area contributed by atoms with Crippen LogP contribution >= 0.6 is 0 Å². The van der Waals surface area contributed by atoms with E-state index in [0.717, 1.165) is 12.1 Å². The van der Waals surface area contributed by atoms with Crippen molar-refractivity contribution in [3.05, 3.63) is 18.0 Å². The molecule has 70 valence electrons. The Kier molecular flexibility index (Phi) is 1.83. The van der Waals surface area contributed by atoms with Crippen molar-refractivity contribution in [3.63, 3.8) is 0 Å². The zero-order chi connectivity index (χ0) is 9.42. The molecule has 1 aromatic rings. The molecule has 1 amide bonds. The van der Waals surface area contributed by atoms with E-state index < -0.39 is 0 Å². The Balaban J connectivity index is 2.16. The lowest BCUT2D eigenvalue weighted by Crippen LogP contribution is -2.20. The number of hydrogen-bond acceptors (Lipinski definition) is 2. The topological polar surface area (TPSA) is 46.9 Å². The molecule has 1 aromatic heterocycles. The molecule has 4 nitrogen and oxygen atoms in total. The van der Waals surface area contributed by atoms with E-state index in [2.05, 4.69) is 10.4 Å². The van der Waals surface area contributed by atoms with E-state index in [1.54, 1.807) is 4.68 Å². The van der Waals surface area contributed by atoms with Gasteiger partial charge < -0.3 is 5.32 Å². The molecule has 1 N–H and O–H groups in total. The van der Waals surface area contributed by atoms with Crippen molar-refractivity contribution < 1.29 is 4.79 Å². The SMILES string of the molecule is C[C@H]1CC(c2ccn(C)n2)NC1=O. The first-order chi connectivity index (χ1) is 6.16. The van der Waals surface area contributed by atoms with E-state index in [1.807, 2.05) is 26.2 Å². The number of nitrogens with one attached hydrogen (secondary N) is 1. The number of aromatic nitrogens is 2. The van der Waals surface area contributed by atoms with Crippen LogP contribution in [0.2, 0.25) is 0 Å². The molecule has 1 fully saturated rings. The smallest absolute Gasteiger partial charge is 0.223 e. The molecule has 0 aromatic carbocycles. The van der Waals surface area contributed by atoms with Crippen molar-refractivity contribution in [3.8, 4) is 0 Å². The minimum atomic E-state index is 0.115. The Morgan fingerprint density at radius 2 is 2.46 bits per heavy atom. The second-order valence-corrected chi connectivity index (χ2v) is 3.61. The summed E-state index contributed by atoms with van der Waals surface area (Å²) in [6.45, 7) is 1.94. The second kappa shape index (κ2) is 2.87. The van der Waals surface area contributed by atoms with Gasteiger partial charge in [0.2, 0.25) is 5.91 Å². The Bertz CT molecular complexity index is 331. The summed E-state index contributed by atoms with van der Waals surface area (Å²) in [6.07, 6.45) is 2.75. The Morgan fingerprint density at radius 3 is 2.92 bits per heavy atom. The van der Waals surface area contributed by atoms with E-state index >= 15 is 0 Å². The third kappa shape index (κ3) is 1.43. The van der Waals surface area contributed by atoms with Crippen LogP contribution in [0, 0.1) is 5.92 Å². The van der Waals surface area contributed by atoms with E-state index in [4.69, 9.17) is 0 Å². The normalized spacial score (nSPS) is 27.7. The predicted molar refractivity (Wildman–Crippen MR) is 47.9 cm³/mol. The molecule has 0 spiro atoms. The average molecular weight is 179 g/mol. The summed E-state index contributed by atoms with van der Waals surface area (Å²) in [6, 6.07) is 2.06. The van der Waals surface area contributed by atoms with E-state index in [9.17, 15) is 4.79 Å². The van der Waals surface area contributed by atoms with Gasteiger partial charge in [0, 0.05) is 19.2 Å². The fourth-order valence-electron chi connectivity index (χ4n) is 1.65. The fourth-order valence-corrected chi connectivity index (χ4v) is 1.65. The number of amides is 1. The third-order valence-corrected chi connectivity index (χ3v) is 2.44. The largest absolute Gasteiger partial charge is 0.347 e. The molecule has 1 aliphatic rings. The van der Waals surface area contributed by atoms with Crippen LogP contribution in [0.1, 0.15) is 25.1 Å². The highest BCUT2D eigenvalue weighted by Crippen LogP contribution is 2.25. The molecular formula is C9H13N3O. The summed E-state index contributed by atoms with van der Waals surface area (Å²) in [5, 5.41) is 7.18. The zero-order valence-electron chi connectivity index (χ0n) is 7.82. The van der Waals surface area contributed by atoms with Gasteiger partial charge in [-0.3, -0.25) is 9.48 Å². The van der Waals surface area contributed by atoms with Gasteiger partial charge in [0.05, 0.1) is 11.7 Å². The second-order valence-electron chi connectivity index (χ2n) is 3.61. The first kappa shape index (κ1) is 8.29. The molecule has 2 heterocycles. The van der Waals surface area contributed by atoms with Crippen molar-refractivity contribution in [2.75, 3.05) is 0 Å². The fraction of sp³-hybridized carbons (Fsp3) is 0.556. The molecule has 0 aliphatic carbocycles. The monoisotopic (exact) mass is 179 g/mol. The van der Waals surface area contributed by atoms with Gasteiger partial charge in [-0.2, -0.15) is 5.10 Å².